The fourth-order valence-corrected chi connectivity index (χ4v) is 3.81. The molecule has 0 unspecified atom stereocenters. The summed E-state index contributed by atoms with van der Waals surface area (Å²) in [5, 5.41) is 8.66. The van der Waals surface area contributed by atoms with Crippen LogP contribution in [0.25, 0.3) is 0 Å². The molecule has 1 aromatic rings. The Labute approximate surface area is 134 Å². The molecule has 5 nitrogen and oxygen atoms in total. The zero-order valence-electron chi connectivity index (χ0n) is 11.0. The second-order valence-corrected chi connectivity index (χ2v) is 7.65. The van der Waals surface area contributed by atoms with E-state index in [1.54, 1.807) is 16.2 Å². The average Bonchev–Trinajstić information content (AvgIpc) is 2.81. The van der Waals surface area contributed by atoms with Gasteiger partial charge >= 0.3 is 5.97 Å². The molecule has 20 heavy (non-hydrogen) atoms. The highest BCUT2D eigenvalue weighted by molar-refractivity contribution is 9.11. The molecule has 3 N–H and O–H groups in total. The Morgan fingerprint density at radius 1 is 1.55 bits per heavy atom. The van der Waals surface area contributed by atoms with E-state index in [1.165, 1.54) is 11.8 Å². The molecule has 0 aliphatic rings. The van der Waals surface area contributed by atoms with Gasteiger partial charge in [-0.3, -0.25) is 9.59 Å². The van der Waals surface area contributed by atoms with Gasteiger partial charge < -0.3 is 15.7 Å². The molecule has 0 saturated heterocycles. The number of carbonyl (C=O) groups excluding carboxylic acids is 1. The lowest BCUT2D eigenvalue weighted by Gasteiger charge is -2.20. The van der Waals surface area contributed by atoms with E-state index in [0.29, 0.717) is 13.1 Å². The van der Waals surface area contributed by atoms with Gasteiger partial charge in [0.2, 0.25) is 5.91 Å². The number of amides is 1. The summed E-state index contributed by atoms with van der Waals surface area (Å²) in [5.41, 5.74) is 5.39. The maximum Gasteiger partial charge on any atom is 0.321 e. The number of thiophene rings is 1. The average molecular weight is 381 g/mol. The van der Waals surface area contributed by atoms with E-state index in [4.69, 9.17) is 10.8 Å². The second kappa shape index (κ2) is 8.66. The number of nitrogens with zero attached hydrogens (tertiary/aromatic N) is 1. The van der Waals surface area contributed by atoms with Crippen LogP contribution >= 0.6 is 39.0 Å². The Balaban J connectivity index is 2.41. The van der Waals surface area contributed by atoms with Crippen LogP contribution in [0, 0.1) is 0 Å². The van der Waals surface area contributed by atoms with E-state index in [9.17, 15) is 9.59 Å². The molecule has 1 atom stereocenters. The van der Waals surface area contributed by atoms with Gasteiger partial charge in [-0.15, -0.1) is 23.1 Å². The summed E-state index contributed by atoms with van der Waals surface area (Å²) >= 11 is 6.25. The van der Waals surface area contributed by atoms with Crippen molar-refractivity contribution in [2.24, 2.45) is 5.73 Å². The zero-order chi connectivity index (χ0) is 15.1. The zero-order valence-corrected chi connectivity index (χ0v) is 14.3. The van der Waals surface area contributed by atoms with Crippen LogP contribution in [0.5, 0.6) is 0 Å². The van der Waals surface area contributed by atoms with Crippen LogP contribution in [0.4, 0.5) is 0 Å². The number of hydrogen-bond acceptors (Lipinski definition) is 5. The van der Waals surface area contributed by atoms with Crippen molar-refractivity contribution in [1.29, 1.82) is 0 Å². The minimum Gasteiger partial charge on any atom is -0.480 e. The second-order valence-electron chi connectivity index (χ2n) is 4.07. The van der Waals surface area contributed by atoms with Crippen molar-refractivity contribution in [1.82, 2.24) is 4.90 Å². The van der Waals surface area contributed by atoms with Crippen LogP contribution in [0.15, 0.2) is 15.9 Å². The summed E-state index contributed by atoms with van der Waals surface area (Å²) in [7, 11) is 0. The van der Waals surface area contributed by atoms with Gasteiger partial charge in [0.25, 0.3) is 0 Å². The predicted molar refractivity (Wildman–Crippen MR) is 86.0 cm³/mol. The lowest BCUT2D eigenvalue weighted by atomic mass is 10.4. The summed E-state index contributed by atoms with van der Waals surface area (Å²) in [4.78, 5) is 25.5. The number of carboxylic acids is 1. The number of nitrogens with two attached hydrogens (primary N) is 1. The monoisotopic (exact) mass is 380 g/mol. The van der Waals surface area contributed by atoms with Crippen molar-refractivity contribution in [3.63, 3.8) is 0 Å². The summed E-state index contributed by atoms with van der Waals surface area (Å²) in [5.74, 6) is -0.551. The van der Waals surface area contributed by atoms with Crippen molar-refractivity contribution in [3.05, 3.63) is 20.8 Å². The number of rotatable bonds is 8. The molecule has 1 heterocycles. The van der Waals surface area contributed by atoms with E-state index in [2.05, 4.69) is 15.9 Å². The van der Waals surface area contributed by atoms with Gasteiger partial charge in [-0.05, 0) is 35.0 Å². The van der Waals surface area contributed by atoms with Crippen LogP contribution in [-0.4, -0.2) is 46.0 Å². The van der Waals surface area contributed by atoms with Crippen molar-refractivity contribution >= 4 is 50.9 Å². The molecule has 0 saturated carbocycles. The molecule has 0 aromatic carbocycles. The normalized spacial score (nSPS) is 12.2. The molecule has 1 rings (SSSR count). The first-order valence-electron chi connectivity index (χ1n) is 6.02. The largest absolute Gasteiger partial charge is 0.480 e. The maximum absolute atomic E-state index is 12.0. The third kappa shape index (κ3) is 5.82. The molecule has 0 spiro atoms. The number of halogens is 1. The smallest absolute Gasteiger partial charge is 0.321 e. The molecule has 112 valence electrons. The van der Waals surface area contributed by atoms with Crippen LogP contribution in [0.3, 0.4) is 0 Å². The molecule has 8 heteroatoms. The number of carboxylic acid groups (broad SMARTS) is 1. The standard InChI is InChI=1S/C12H17BrN2O3S2/c1-2-15(5-8-3-4-10(13)20-8)11(16)7-19-6-9(14)12(17)18/h3-4,9H,2,5-7,14H2,1H3,(H,17,18)/t9-/m1/s1. The lowest BCUT2D eigenvalue weighted by Crippen LogP contribution is -2.35. The van der Waals surface area contributed by atoms with Crippen LogP contribution < -0.4 is 5.73 Å². The Morgan fingerprint density at radius 3 is 2.75 bits per heavy atom. The quantitative estimate of drug-likeness (QED) is 0.720. The molecular weight excluding hydrogens is 364 g/mol. The highest BCUT2D eigenvalue weighted by Gasteiger charge is 2.16. The van der Waals surface area contributed by atoms with Gasteiger partial charge in [-0.25, -0.2) is 0 Å². The first-order chi connectivity index (χ1) is 9.43. The van der Waals surface area contributed by atoms with Crippen molar-refractivity contribution in [3.8, 4) is 0 Å². The summed E-state index contributed by atoms with van der Waals surface area (Å²) in [6, 6.07) is 3.02. The van der Waals surface area contributed by atoms with E-state index >= 15 is 0 Å². The molecule has 1 aromatic heterocycles. The van der Waals surface area contributed by atoms with Gasteiger partial charge in [0.1, 0.15) is 6.04 Å². The minimum atomic E-state index is -1.04. The van der Waals surface area contributed by atoms with E-state index < -0.39 is 12.0 Å². The predicted octanol–water partition coefficient (Wildman–Crippen LogP) is 2.00. The van der Waals surface area contributed by atoms with Gasteiger partial charge in [-0.1, -0.05) is 0 Å². The Bertz CT molecular complexity index is 467. The third-order valence-electron chi connectivity index (χ3n) is 2.55. The highest BCUT2D eigenvalue weighted by Crippen LogP contribution is 2.23. The maximum atomic E-state index is 12.0. The molecule has 0 radical (unpaired) electrons. The first kappa shape index (κ1) is 17.5. The van der Waals surface area contributed by atoms with Crippen LogP contribution in [0.2, 0.25) is 0 Å². The van der Waals surface area contributed by atoms with Crippen LogP contribution in [0.1, 0.15) is 11.8 Å². The number of thioether (sulfide) groups is 1. The van der Waals surface area contributed by atoms with Crippen LogP contribution in [-0.2, 0) is 16.1 Å². The van der Waals surface area contributed by atoms with Gasteiger partial charge in [0.05, 0.1) is 16.1 Å². The summed E-state index contributed by atoms with van der Waals surface area (Å²) in [6.45, 7) is 3.13. The molecule has 0 fully saturated rings. The number of carbonyl (C=O) groups is 2. The van der Waals surface area contributed by atoms with E-state index in [1.807, 2.05) is 19.1 Å². The van der Waals surface area contributed by atoms with E-state index in [0.717, 1.165) is 8.66 Å². The first-order valence-corrected chi connectivity index (χ1v) is 8.78. The fraction of sp³-hybridized carbons (Fsp3) is 0.500. The Hall–Kier alpha value is -0.570. The lowest BCUT2D eigenvalue weighted by molar-refractivity contribution is -0.138. The Morgan fingerprint density at radius 2 is 2.25 bits per heavy atom. The Kier molecular flexibility index (Phi) is 7.57. The SMILES string of the molecule is CCN(Cc1ccc(Br)s1)C(=O)CSC[C@@H](N)C(=O)O. The number of aliphatic carboxylic acids is 1. The highest BCUT2D eigenvalue weighted by atomic mass is 79.9. The fourth-order valence-electron chi connectivity index (χ4n) is 1.44. The van der Waals surface area contributed by atoms with Gasteiger partial charge in [0, 0.05) is 17.2 Å². The van der Waals surface area contributed by atoms with Crippen molar-refractivity contribution < 1.29 is 14.7 Å². The molecular formula is C12H17BrN2O3S2. The molecule has 0 bridgehead atoms. The summed E-state index contributed by atoms with van der Waals surface area (Å²) in [6.07, 6.45) is 0. The minimum absolute atomic E-state index is 0.000360. The van der Waals surface area contributed by atoms with E-state index in [-0.39, 0.29) is 17.4 Å². The van der Waals surface area contributed by atoms with Gasteiger partial charge in [0.15, 0.2) is 0 Å². The summed E-state index contributed by atoms with van der Waals surface area (Å²) < 4.78 is 1.04. The van der Waals surface area contributed by atoms with Crippen molar-refractivity contribution in [2.75, 3.05) is 18.1 Å². The topological polar surface area (TPSA) is 83.6 Å². The molecule has 0 aliphatic heterocycles. The number of hydrogen-bond donors (Lipinski definition) is 2. The molecule has 0 aliphatic carbocycles. The van der Waals surface area contributed by atoms with Crippen molar-refractivity contribution in [2.45, 2.75) is 19.5 Å². The van der Waals surface area contributed by atoms with Gasteiger partial charge in [-0.2, -0.15) is 0 Å². The molecule has 1 amide bonds. The third-order valence-corrected chi connectivity index (χ3v) is 5.20.